The maximum absolute atomic E-state index is 12.3. The van der Waals surface area contributed by atoms with Gasteiger partial charge < -0.3 is 14.8 Å². The molecule has 2 heterocycles. The molecule has 2 aromatic rings. The van der Waals surface area contributed by atoms with Gasteiger partial charge in [0.05, 0.1) is 12.1 Å². The van der Waals surface area contributed by atoms with Crippen molar-refractivity contribution in [3.63, 3.8) is 0 Å². The van der Waals surface area contributed by atoms with E-state index in [1.54, 1.807) is 11.4 Å². The molecule has 7 heteroatoms. The van der Waals surface area contributed by atoms with Crippen molar-refractivity contribution in [2.45, 2.75) is 13.0 Å². The largest absolute Gasteiger partial charge is 0.486 e. The second kappa shape index (κ2) is 8.01. The van der Waals surface area contributed by atoms with Crippen LogP contribution in [0.4, 0.5) is 5.00 Å². The molecule has 1 N–H and O–H groups in total. The third-order valence-electron chi connectivity index (χ3n) is 3.88. The first kappa shape index (κ1) is 17.3. The number of nitrogens with one attached hydrogen (secondary N) is 1. The van der Waals surface area contributed by atoms with E-state index in [0.29, 0.717) is 30.3 Å². The highest BCUT2D eigenvalue weighted by Crippen LogP contribution is 2.31. The number of likely N-dealkylation sites (N-methyl/N-ethyl adjacent to an activating group) is 1. The first-order valence-corrected chi connectivity index (χ1v) is 8.96. The molecule has 1 aromatic carbocycles. The predicted molar refractivity (Wildman–Crippen MR) is 96.1 cm³/mol. The van der Waals surface area contributed by atoms with Crippen LogP contribution in [-0.2, 0) is 4.79 Å². The van der Waals surface area contributed by atoms with Gasteiger partial charge in [-0.25, -0.2) is 0 Å². The predicted octanol–water partition coefficient (Wildman–Crippen LogP) is 2.72. The maximum atomic E-state index is 12.3. The van der Waals surface area contributed by atoms with Crippen LogP contribution in [0, 0.1) is 11.3 Å². The second-order valence-corrected chi connectivity index (χ2v) is 6.56. The van der Waals surface area contributed by atoms with E-state index in [-0.39, 0.29) is 18.6 Å². The van der Waals surface area contributed by atoms with Crippen molar-refractivity contribution in [2.24, 2.45) is 0 Å². The fourth-order valence-corrected chi connectivity index (χ4v) is 3.36. The van der Waals surface area contributed by atoms with E-state index in [4.69, 9.17) is 14.7 Å². The van der Waals surface area contributed by atoms with Crippen LogP contribution in [0.3, 0.4) is 0 Å². The number of nitrogens with zero attached hydrogens (tertiary/aromatic N) is 2. The number of amides is 1. The Hall–Kier alpha value is -2.56. The molecule has 3 rings (SSSR count). The highest BCUT2D eigenvalue weighted by molar-refractivity contribution is 7.14. The van der Waals surface area contributed by atoms with E-state index < -0.39 is 0 Å². The summed E-state index contributed by atoms with van der Waals surface area (Å²) in [5, 5.41) is 14.2. The summed E-state index contributed by atoms with van der Waals surface area (Å²) in [4.78, 5) is 14.3. The van der Waals surface area contributed by atoms with Crippen LogP contribution in [0.2, 0.25) is 0 Å². The number of rotatable bonds is 6. The summed E-state index contributed by atoms with van der Waals surface area (Å²) in [5.41, 5.74) is 0.488. The summed E-state index contributed by atoms with van der Waals surface area (Å²) in [6.07, 6.45) is -0.126. The summed E-state index contributed by atoms with van der Waals surface area (Å²) in [5.74, 6) is 1.34. The van der Waals surface area contributed by atoms with Crippen LogP contribution in [0.5, 0.6) is 11.5 Å². The molecule has 25 heavy (non-hydrogen) atoms. The summed E-state index contributed by atoms with van der Waals surface area (Å²) >= 11 is 1.35. The van der Waals surface area contributed by atoms with E-state index in [2.05, 4.69) is 11.4 Å². The fourth-order valence-electron chi connectivity index (χ4n) is 2.61. The monoisotopic (exact) mass is 357 g/mol. The number of anilines is 1. The van der Waals surface area contributed by atoms with Crippen LogP contribution in [0.1, 0.15) is 12.5 Å². The van der Waals surface area contributed by atoms with E-state index in [9.17, 15) is 4.79 Å². The van der Waals surface area contributed by atoms with E-state index in [0.717, 1.165) is 11.5 Å². The van der Waals surface area contributed by atoms with Gasteiger partial charge in [-0.15, -0.1) is 11.3 Å². The van der Waals surface area contributed by atoms with Crippen molar-refractivity contribution >= 4 is 22.2 Å². The zero-order chi connectivity index (χ0) is 17.6. The normalized spacial score (nSPS) is 15.6. The molecule has 6 nitrogen and oxygen atoms in total. The van der Waals surface area contributed by atoms with E-state index in [1.165, 1.54) is 11.3 Å². The molecule has 1 atom stereocenters. The number of hydrogen-bond donors (Lipinski definition) is 1. The van der Waals surface area contributed by atoms with Gasteiger partial charge in [-0.3, -0.25) is 9.69 Å². The Kier molecular flexibility index (Phi) is 5.53. The Balaban J connectivity index is 1.55. The van der Waals surface area contributed by atoms with E-state index in [1.807, 2.05) is 36.1 Å². The molecular weight excluding hydrogens is 338 g/mol. The summed E-state index contributed by atoms with van der Waals surface area (Å²) < 4.78 is 11.7. The number of carbonyl (C=O) groups is 1. The number of para-hydroxylation sites is 2. The highest BCUT2D eigenvalue weighted by Gasteiger charge is 2.23. The molecule has 1 amide bonds. The summed E-state index contributed by atoms with van der Waals surface area (Å²) in [6, 6.07) is 11.3. The van der Waals surface area contributed by atoms with Crippen molar-refractivity contribution in [2.75, 3.05) is 31.6 Å². The number of nitriles is 1. The van der Waals surface area contributed by atoms with E-state index >= 15 is 0 Å². The van der Waals surface area contributed by atoms with Gasteiger partial charge in [0.2, 0.25) is 5.91 Å². The van der Waals surface area contributed by atoms with Gasteiger partial charge in [0.25, 0.3) is 0 Å². The Labute approximate surface area is 150 Å². The Morgan fingerprint density at radius 1 is 1.40 bits per heavy atom. The van der Waals surface area contributed by atoms with Gasteiger partial charge >= 0.3 is 0 Å². The quantitative estimate of drug-likeness (QED) is 0.860. The van der Waals surface area contributed by atoms with Crippen molar-refractivity contribution in [3.8, 4) is 17.6 Å². The van der Waals surface area contributed by atoms with Crippen molar-refractivity contribution < 1.29 is 14.3 Å². The molecule has 0 aliphatic carbocycles. The third-order valence-corrected chi connectivity index (χ3v) is 4.71. The molecule has 1 aliphatic heterocycles. The van der Waals surface area contributed by atoms with Crippen LogP contribution in [0.25, 0.3) is 0 Å². The minimum absolute atomic E-state index is 0.126. The number of ether oxygens (including phenoxy) is 2. The minimum Gasteiger partial charge on any atom is -0.486 e. The lowest BCUT2D eigenvalue weighted by molar-refractivity contribution is -0.117. The standard InChI is InChI=1S/C18H19N3O3S/c1-2-21(11-17(22)20-18-13(9-19)7-8-25-18)10-14-12-23-15-5-3-4-6-16(15)24-14/h3-8,14H,2,10-12H2,1H3,(H,20,22). The number of benzene rings is 1. The van der Waals surface area contributed by atoms with Gasteiger partial charge in [-0.1, -0.05) is 19.1 Å². The smallest absolute Gasteiger partial charge is 0.239 e. The molecule has 0 fully saturated rings. The number of hydrogen-bond acceptors (Lipinski definition) is 6. The van der Waals surface area contributed by atoms with Crippen molar-refractivity contribution in [1.29, 1.82) is 5.26 Å². The molecular formula is C18H19N3O3S. The summed E-state index contributed by atoms with van der Waals surface area (Å²) in [7, 11) is 0. The lowest BCUT2D eigenvalue weighted by Gasteiger charge is -2.30. The van der Waals surface area contributed by atoms with Gasteiger partial charge in [-0.05, 0) is 30.1 Å². The molecule has 0 saturated heterocycles. The van der Waals surface area contributed by atoms with Crippen molar-refractivity contribution in [3.05, 3.63) is 41.3 Å². The van der Waals surface area contributed by atoms with Crippen LogP contribution < -0.4 is 14.8 Å². The molecule has 1 aromatic heterocycles. The zero-order valence-corrected chi connectivity index (χ0v) is 14.7. The molecule has 0 saturated carbocycles. The molecule has 0 spiro atoms. The zero-order valence-electron chi connectivity index (χ0n) is 13.9. The lowest BCUT2D eigenvalue weighted by atomic mass is 10.2. The van der Waals surface area contributed by atoms with Crippen molar-refractivity contribution in [1.82, 2.24) is 4.90 Å². The Morgan fingerprint density at radius 2 is 2.20 bits per heavy atom. The number of fused-ring (bicyclic) bond motifs is 1. The third kappa shape index (κ3) is 4.29. The summed E-state index contributed by atoms with van der Waals surface area (Å²) in [6.45, 7) is 3.99. The minimum atomic E-state index is -0.141. The van der Waals surface area contributed by atoms with Crippen LogP contribution >= 0.6 is 11.3 Å². The second-order valence-electron chi connectivity index (χ2n) is 5.65. The highest BCUT2D eigenvalue weighted by atomic mass is 32.1. The van der Waals surface area contributed by atoms with Gasteiger partial charge in [0, 0.05) is 6.54 Å². The Bertz CT molecular complexity index is 784. The number of carbonyl (C=O) groups excluding carboxylic acids is 1. The average molecular weight is 357 g/mol. The maximum Gasteiger partial charge on any atom is 0.239 e. The van der Waals surface area contributed by atoms with Crippen LogP contribution in [-0.4, -0.2) is 43.2 Å². The average Bonchev–Trinajstić information content (AvgIpc) is 3.08. The molecule has 130 valence electrons. The van der Waals surface area contributed by atoms with Gasteiger partial charge in [-0.2, -0.15) is 5.26 Å². The Morgan fingerprint density at radius 3 is 2.96 bits per heavy atom. The molecule has 1 unspecified atom stereocenters. The SMILES string of the molecule is CCN(CC(=O)Nc1sccc1C#N)CC1COc2ccccc2O1. The molecule has 0 bridgehead atoms. The topological polar surface area (TPSA) is 74.6 Å². The molecule has 1 aliphatic rings. The first-order valence-electron chi connectivity index (χ1n) is 8.08. The lowest BCUT2D eigenvalue weighted by Crippen LogP contribution is -2.43. The van der Waals surface area contributed by atoms with Gasteiger partial charge in [0.1, 0.15) is 23.8 Å². The fraction of sp³-hybridized carbons (Fsp3) is 0.333. The van der Waals surface area contributed by atoms with Gasteiger partial charge in [0.15, 0.2) is 11.5 Å². The number of thiophene rings is 1. The van der Waals surface area contributed by atoms with Crippen LogP contribution in [0.15, 0.2) is 35.7 Å². The first-order chi connectivity index (χ1) is 12.2. The molecule has 0 radical (unpaired) electrons.